The lowest BCUT2D eigenvalue weighted by molar-refractivity contribution is -0.0337. The summed E-state index contributed by atoms with van der Waals surface area (Å²) in [5.41, 5.74) is 1.01. The second kappa shape index (κ2) is 4.64. The van der Waals surface area contributed by atoms with Gasteiger partial charge in [-0.15, -0.1) is 0 Å². The van der Waals surface area contributed by atoms with Crippen LogP contribution in [-0.2, 0) is 4.74 Å². The quantitative estimate of drug-likeness (QED) is 0.693. The van der Waals surface area contributed by atoms with Crippen molar-refractivity contribution < 1.29 is 23.7 Å². The van der Waals surface area contributed by atoms with Crippen LogP contribution in [0.15, 0.2) is 33.5 Å². The van der Waals surface area contributed by atoms with E-state index >= 15 is 0 Å². The van der Waals surface area contributed by atoms with Gasteiger partial charge in [0.05, 0.1) is 19.6 Å². The minimum atomic E-state index is -0.401. The van der Waals surface area contributed by atoms with E-state index in [2.05, 4.69) is 0 Å². The molecule has 0 unspecified atom stereocenters. The zero-order valence-corrected chi connectivity index (χ0v) is 12.9. The summed E-state index contributed by atoms with van der Waals surface area (Å²) in [5, 5.41) is 11.3. The minimum absolute atomic E-state index is 0.0582. The smallest absolute Gasteiger partial charge is 0.208 e. The molecule has 1 aromatic heterocycles. The zero-order chi connectivity index (χ0) is 16.4. The van der Waals surface area contributed by atoms with Gasteiger partial charge in [0.25, 0.3) is 0 Å². The molecule has 2 aromatic carbocycles. The van der Waals surface area contributed by atoms with Gasteiger partial charge < -0.3 is 23.7 Å². The molecule has 24 heavy (non-hydrogen) atoms. The van der Waals surface area contributed by atoms with Crippen molar-refractivity contribution in [2.75, 3.05) is 13.7 Å². The molecule has 0 spiro atoms. The van der Waals surface area contributed by atoms with Crippen LogP contribution in [0.25, 0.3) is 21.9 Å². The van der Waals surface area contributed by atoms with Crippen LogP contribution in [0.2, 0.25) is 0 Å². The molecule has 1 fully saturated rings. The average molecular weight is 326 g/mol. The fraction of sp³-hybridized carbons (Fsp3) is 0.278. The molecular formula is C18H14O6. The standard InChI is InChI=1S/C18H14O6/c1-21-9-3-2-4-10-14(9)17(20)15-12(23-10)7-11-13(16(15)19)8-5-6-22-18(8)24-11/h2-4,7-8,18-19H,5-6H2,1H3/t8-,18+/m0/s1. The van der Waals surface area contributed by atoms with E-state index < -0.39 is 6.29 Å². The van der Waals surface area contributed by atoms with Crippen LogP contribution in [0.1, 0.15) is 17.9 Å². The van der Waals surface area contributed by atoms with Gasteiger partial charge in [0.15, 0.2) is 0 Å². The lowest BCUT2D eigenvalue weighted by Gasteiger charge is -2.10. The number of fused-ring (bicyclic) bond motifs is 5. The molecule has 2 aliphatic heterocycles. The van der Waals surface area contributed by atoms with Crippen molar-refractivity contribution in [1.82, 2.24) is 0 Å². The van der Waals surface area contributed by atoms with Gasteiger partial charge >= 0.3 is 0 Å². The van der Waals surface area contributed by atoms with Crippen LogP contribution in [0.3, 0.4) is 0 Å². The first-order chi connectivity index (χ1) is 11.7. The Balaban J connectivity index is 1.91. The van der Waals surface area contributed by atoms with Crippen LogP contribution >= 0.6 is 0 Å². The Morgan fingerprint density at radius 1 is 1.25 bits per heavy atom. The highest BCUT2D eigenvalue weighted by atomic mass is 16.7. The van der Waals surface area contributed by atoms with Crippen molar-refractivity contribution in [2.45, 2.75) is 18.6 Å². The number of hydrogen-bond donors (Lipinski definition) is 1. The largest absolute Gasteiger partial charge is 0.507 e. The Morgan fingerprint density at radius 3 is 2.96 bits per heavy atom. The van der Waals surface area contributed by atoms with Crippen molar-refractivity contribution in [2.24, 2.45) is 0 Å². The SMILES string of the molecule is COc1cccc2oc3cc4c(c(O)c3c(=O)c12)[C@@H]1CCO[C@@H]1O4. The first-order valence-electron chi connectivity index (χ1n) is 7.76. The number of ether oxygens (including phenoxy) is 3. The van der Waals surface area contributed by atoms with Gasteiger partial charge in [-0.05, 0) is 18.6 Å². The maximum atomic E-state index is 13.0. The number of rotatable bonds is 1. The second-order valence-electron chi connectivity index (χ2n) is 6.03. The minimum Gasteiger partial charge on any atom is -0.507 e. The summed E-state index contributed by atoms with van der Waals surface area (Å²) in [6.07, 6.45) is 0.348. The van der Waals surface area contributed by atoms with E-state index in [9.17, 15) is 9.90 Å². The van der Waals surface area contributed by atoms with Crippen molar-refractivity contribution >= 4 is 21.9 Å². The lowest BCUT2D eigenvalue weighted by Crippen LogP contribution is -2.13. The summed E-state index contributed by atoms with van der Waals surface area (Å²) in [4.78, 5) is 13.0. The van der Waals surface area contributed by atoms with Crippen LogP contribution in [0.5, 0.6) is 17.2 Å². The van der Waals surface area contributed by atoms with Crippen molar-refractivity contribution in [3.63, 3.8) is 0 Å². The summed E-state index contributed by atoms with van der Waals surface area (Å²) in [7, 11) is 1.50. The molecule has 6 nitrogen and oxygen atoms in total. The third kappa shape index (κ3) is 1.61. The van der Waals surface area contributed by atoms with E-state index in [0.29, 0.717) is 34.6 Å². The Bertz CT molecular complexity index is 1050. The molecule has 0 radical (unpaired) electrons. The molecular weight excluding hydrogens is 312 g/mol. The van der Waals surface area contributed by atoms with Gasteiger partial charge in [-0.25, -0.2) is 0 Å². The van der Waals surface area contributed by atoms with Crippen LogP contribution in [0.4, 0.5) is 0 Å². The number of hydrogen-bond acceptors (Lipinski definition) is 6. The molecule has 0 aliphatic carbocycles. The molecule has 5 rings (SSSR count). The Kier molecular flexibility index (Phi) is 2.65. The van der Waals surface area contributed by atoms with Gasteiger partial charge in [-0.2, -0.15) is 0 Å². The molecule has 1 N–H and O–H groups in total. The van der Waals surface area contributed by atoms with Gasteiger partial charge in [-0.1, -0.05) is 6.07 Å². The third-order valence-electron chi connectivity index (χ3n) is 4.80. The summed E-state index contributed by atoms with van der Waals surface area (Å²) in [5.74, 6) is 0.792. The van der Waals surface area contributed by atoms with E-state index in [4.69, 9.17) is 18.6 Å². The summed E-state index contributed by atoms with van der Waals surface area (Å²) in [6.45, 7) is 0.576. The molecule has 0 amide bonds. The number of aromatic hydroxyl groups is 1. The fourth-order valence-electron chi connectivity index (χ4n) is 3.71. The van der Waals surface area contributed by atoms with E-state index in [1.54, 1.807) is 24.3 Å². The second-order valence-corrected chi connectivity index (χ2v) is 6.03. The first kappa shape index (κ1) is 13.7. The fourth-order valence-corrected chi connectivity index (χ4v) is 3.71. The topological polar surface area (TPSA) is 78.1 Å². The first-order valence-corrected chi connectivity index (χ1v) is 7.76. The van der Waals surface area contributed by atoms with Crippen LogP contribution in [0, 0.1) is 0 Å². The van der Waals surface area contributed by atoms with Gasteiger partial charge in [0.1, 0.15) is 39.2 Å². The number of methoxy groups -OCH3 is 1. The van der Waals surface area contributed by atoms with E-state index in [1.165, 1.54) is 7.11 Å². The molecule has 1 saturated heterocycles. The van der Waals surface area contributed by atoms with E-state index in [-0.39, 0.29) is 28.1 Å². The molecule has 0 saturated carbocycles. The normalized spacial score (nSPS) is 21.7. The maximum absolute atomic E-state index is 13.0. The van der Waals surface area contributed by atoms with Gasteiger partial charge in [0.2, 0.25) is 11.7 Å². The molecule has 2 aliphatic rings. The summed E-state index contributed by atoms with van der Waals surface area (Å²) >= 11 is 0. The third-order valence-corrected chi connectivity index (χ3v) is 4.80. The highest BCUT2D eigenvalue weighted by Crippen LogP contribution is 2.50. The Labute approximate surface area is 136 Å². The maximum Gasteiger partial charge on any atom is 0.208 e. The number of benzene rings is 2. The predicted octanol–water partition coefficient (Wildman–Crippen LogP) is 2.88. The molecule has 6 heteroatoms. The van der Waals surface area contributed by atoms with E-state index in [0.717, 1.165) is 6.42 Å². The zero-order valence-electron chi connectivity index (χ0n) is 12.9. The number of phenols is 1. The predicted molar refractivity (Wildman–Crippen MR) is 85.9 cm³/mol. The Morgan fingerprint density at radius 2 is 2.12 bits per heavy atom. The van der Waals surface area contributed by atoms with Crippen molar-refractivity contribution in [1.29, 1.82) is 0 Å². The van der Waals surface area contributed by atoms with Crippen molar-refractivity contribution in [3.8, 4) is 17.2 Å². The molecule has 122 valence electrons. The Hall–Kier alpha value is -2.73. The van der Waals surface area contributed by atoms with E-state index in [1.807, 2.05) is 0 Å². The summed E-state index contributed by atoms with van der Waals surface area (Å²) in [6, 6.07) is 6.80. The van der Waals surface area contributed by atoms with Crippen LogP contribution in [-0.4, -0.2) is 25.1 Å². The highest BCUT2D eigenvalue weighted by molar-refractivity contribution is 5.97. The molecule has 2 atom stereocenters. The monoisotopic (exact) mass is 326 g/mol. The molecule has 0 bridgehead atoms. The van der Waals surface area contributed by atoms with Gasteiger partial charge in [-0.3, -0.25) is 4.79 Å². The number of phenolic OH excluding ortho intramolecular Hbond substituents is 1. The molecule has 3 heterocycles. The average Bonchev–Trinajstić information content (AvgIpc) is 3.14. The highest BCUT2D eigenvalue weighted by Gasteiger charge is 2.42. The van der Waals surface area contributed by atoms with Crippen LogP contribution < -0.4 is 14.9 Å². The summed E-state index contributed by atoms with van der Waals surface area (Å²) < 4.78 is 22.4. The van der Waals surface area contributed by atoms with Crippen molar-refractivity contribution in [3.05, 3.63) is 40.1 Å². The van der Waals surface area contributed by atoms with Gasteiger partial charge in [0, 0.05) is 11.6 Å². The molecule has 3 aromatic rings. The lowest BCUT2D eigenvalue weighted by atomic mass is 9.95.